The first kappa shape index (κ1) is 13.8. The number of hydrogen-bond donors (Lipinski definition) is 1. The van der Waals surface area contributed by atoms with Gasteiger partial charge in [-0.3, -0.25) is 0 Å². The summed E-state index contributed by atoms with van der Waals surface area (Å²) in [4.78, 5) is 4.46. The van der Waals surface area contributed by atoms with Crippen LogP contribution in [0.1, 0.15) is 26.2 Å². The fourth-order valence-electron chi connectivity index (χ4n) is 2.17. The highest BCUT2D eigenvalue weighted by molar-refractivity contribution is 5.54. The van der Waals surface area contributed by atoms with Gasteiger partial charge >= 0.3 is 0 Å². The normalized spacial score (nSPS) is 10.8. The fraction of sp³-hybridized carbons (Fsp3) is 0.438. The molecule has 1 aromatic heterocycles. The average Bonchev–Trinajstić information content (AvgIpc) is 2.92. The molecule has 1 heterocycles. The van der Waals surface area contributed by atoms with Crippen molar-refractivity contribution >= 4 is 0 Å². The molecule has 0 unspecified atom stereocenters. The van der Waals surface area contributed by atoms with Crippen molar-refractivity contribution in [2.24, 2.45) is 0 Å². The first-order chi connectivity index (χ1) is 9.42. The van der Waals surface area contributed by atoms with Crippen molar-refractivity contribution in [3.63, 3.8) is 0 Å². The second kappa shape index (κ2) is 7.74. The number of benzene rings is 1. The molecule has 1 N–H and O–H groups in total. The SMILES string of the molecule is CCCNCCCCn1ccnc1-c1ccccc1. The molecule has 19 heavy (non-hydrogen) atoms. The van der Waals surface area contributed by atoms with Gasteiger partial charge in [-0.25, -0.2) is 4.98 Å². The van der Waals surface area contributed by atoms with Crippen LogP contribution in [0.25, 0.3) is 11.4 Å². The average molecular weight is 257 g/mol. The van der Waals surface area contributed by atoms with Gasteiger partial charge in [0.15, 0.2) is 0 Å². The first-order valence-electron chi connectivity index (χ1n) is 7.19. The van der Waals surface area contributed by atoms with Gasteiger partial charge in [0.1, 0.15) is 5.82 Å². The number of imidazole rings is 1. The zero-order chi connectivity index (χ0) is 13.3. The van der Waals surface area contributed by atoms with Gasteiger partial charge in [0.2, 0.25) is 0 Å². The van der Waals surface area contributed by atoms with Crippen molar-refractivity contribution in [1.82, 2.24) is 14.9 Å². The molecular weight excluding hydrogens is 234 g/mol. The van der Waals surface area contributed by atoms with Crippen LogP contribution in [0.5, 0.6) is 0 Å². The van der Waals surface area contributed by atoms with Crippen molar-refractivity contribution in [1.29, 1.82) is 0 Å². The summed E-state index contributed by atoms with van der Waals surface area (Å²) in [6.45, 7) is 5.48. The van der Waals surface area contributed by atoms with E-state index in [4.69, 9.17) is 0 Å². The highest BCUT2D eigenvalue weighted by Gasteiger charge is 2.04. The molecule has 0 radical (unpaired) electrons. The van der Waals surface area contributed by atoms with Gasteiger partial charge in [0, 0.05) is 24.5 Å². The molecule has 0 bridgehead atoms. The minimum Gasteiger partial charge on any atom is -0.331 e. The van der Waals surface area contributed by atoms with E-state index in [1.807, 2.05) is 12.3 Å². The lowest BCUT2D eigenvalue weighted by atomic mass is 10.2. The standard InChI is InChI=1S/C16H23N3/c1-2-10-17-11-6-7-13-19-14-12-18-16(19)15-8-4-3-5-9-15/h3-5,8-9,12,14,17H,2,6-7,10-11,13H2,1H3. The van der Waals surface area contributed by atoms with Crippen molar-refractivity contribution in [3.05, 3.63) is 42.7 Å². The number of nitrogens with zero attached hydrogens (tertiary/aromatic N) is 2. The minimum absolute atomic E-state index is 1.04. The van der Waals surface area contributed by atoms with Gasteiger partial charge in [-0.1, -0.05) is 37.3 Å². The van der Waals surface area contributed by atoms with Crippen molar-refractivity contribution < 1.29 is 0 Å². The molecule has 0 fully saturated rings. The molecule has 102 valence electrons. The topological polar surface area (TPSA) is 29.9 Å². The number of unbranched alkanes of at least 4 members (excludes halogenated alkanes) is 1. The summed E-state index contributed by atoms with van der Waals surface area (Å²) in [6.07, 6.45) is 7.57. The predicted octanol–water partition coefficient (Wildman–Crippen LogP) is 3.33. The van der Waals surface area contributed by atoms with Crippen LogP contribution in [-0.2, 0) is 6.54 Å². The van der Waals surface area contributed by atoms with Crippen LogP contribution in [0.15, 0.2) is 42.7 Å². The number of rotatable bonds is 8. The Hall–Kier alpha value is -1.61. The van der Waals surface area contributed by atoms with E-state index in [2.05, 4.69) is 52.3 Å². The number of aromatic nitrogens is 2. The third kappa shape index (κ3) is 4.21. The second-order valence-electron chi connectivity index (χ2n) is 4.77. The van der Waals surface area contributed by atoms with Crippen molar-refractivity contribution in [2.75, 3.05) is 13.1 Å². The Balaban J connectivity index is 1.83. The number of nitrogens with one attached hydrogen (secondary N) is 1. The van der Waals surface area contributed by atoms with Gasteiger partial charge in [-0.05, 0) is 32.4 Å². The zero-order valence-electron chi connectivity index (χ0n) is 11.7. The smallest absolute Gasteiger partial charge is 0.139 e. The van der Waals surface area contributed by atoms with Gasteiger partial charge in [0.25, 0.3) is 0 Å². The molecule has 1 aromatic carbocycles. The Kier molecular flexibility index (Phi) is 5.63. The lowest BCUT2D eigenvalue weighted by Crippen LogP contribution is -2.16. The fourth-order valence-corrected chi connectivity index (χ4v) is 2.17. The van der Waals surface area contributed by atoms with E-state index >= 15 is 0 Å². The van der Waals surface area contributed by atoms with Crippen molar-refractivity contribution in [2.45, 2.75) is 32.7 Å². The molecule has 2 aromatic rings. The molecule has 2 rings (SSSR count). The Bertz CT molecular complexity index is 462. The van der Waals surface area contributed by atoms with E-state index in [0.29, 0.717) is 0 Å². The molecule has 3 nitrogen and oxygen atoms in total. The van der Waals surface area contributed by atoms with E-state index < -0.39 is 0 Å². The lowest BCUT2D eigenvalue weighted by Gasteiger charge is -2.08. The zero-order valence-corrected chi connectivity index (χ0v) is 11.7. The largest absolute Gasteiger partial charge is 0.331 e. The molecule has 0 aliphatic rings. The lowest BCUT2D eigenvalue weighted by molar-refractivity contribution is 0.569. The number of hydrogen-bond acceptors (Lipinski definition) is 2. The van der Waals surface area contributed by atoms with E-state index in [1.54, 1.807) is 0 Å². The summed E-state index contributed by atoms with van der Waals surface area (Å²) in [6, 6.07) is 10.4. The molecule has 0 aliphatic heterocycles. The van der Waals surface area contributed by atoms with E-state index in [9.17, 15) is 0 Å². The summed E-state index contributed by atoms with van der Waals surface area (Å²) in [5.41, 5.74) is 1.19. The minimum atomic E-state index is 1.04. The summed E-state index contributed by atoms with van der Waals surface area (Å²) in [7, 11) is 0. The van der Waals surface area contributed by atoms with Gasteiger partial charge in [0.05, 0.1) is 0 Å². The monoisotopic (exact) mass is 257 g/mol. The molecule has 0 spiro atoms. The van der Waals surface area contributed by atoms with Crippen LogP contribution in [0.3, 0.4) is 0 Å². The maximum atomic E-state index is 4.46. The van der Waals surface area contributed by atoms with Crippen LogP contribution in [-0.4, -0.2) is 22.6 Å². The molecule has 0 amide bonds. The van der Waals surface area contributed by atoms with Crippen LogP contribution >= 0.6 is 0 Å². The summed E-state index contributed by atoms with van der Waals surface area (Å²) in [5, 5.41) is 3.44. The van der Waals surface area contributed by atoms with Gasteiger partial charge < -0.3 is 9.88 Å². The Morgan fingerprint density at radius 1 is 1.11 bits per heavy atom. The molecule has 3 heteroatoms. The Labute approximate surface area is 115 Å². The van der Waals surface area contributed by atoms with Gasteiger partial charge in [-0.2, -0.15) is 0 Å². The molecular formula is C16H23N3. The van der Waals surface area contributed by atoms with Crippen LogP contribution < -0.4 is 5.32 Å². The van der Waals surface area contributed by atoms with E-state index in [-0.39, 0.29) is 0 Å². The van der Waals surface area contributed by atoms with Crippen molar-refractivity contribution in [3.8, 4) is 11.4 Å². The molecule has 0 saturated carbocycles. The number of aryl methyl sites for hydroxylation is 1. The van der Waals surface area contributed by atoms with E-state index in [0.717, 1.165) is 25.5 Å². The summed E-state index contributed by atoms with van der Waals surface area (Å²) >= 11 is 0. The maximum Gasteiger partial charge on any atom is 0.139 e. The summed E-state index contributed by atoms with van der Waals surface area (Å²) < 4.78 is 2.25. The highest BCUT2D eigenvalue weighted by Crippen LogP contribution is 2.17. The van der Waals surface area contributed by atoms with Crippen LogP contribution in [0.2, 0.25) is 0 Å². The highest BCUT2D eigenvalue weighted by atomic mass is 15.1. The third-order valence-electron chi connectivity index (χ3n) is 3.18. The van der Waals surface area contributed by atoms with E-state index in [1.165, 1.54) is 24.8 Å². The first-order valence-corrected chi connectivity index (χ1v) is 7.19. The molecule has 0 aliphatic carbocycles. The second-order valence-corrected chi connectivity index (χ2v) is 4.77. The predicted molar refractivity (Wildman–Crippen MR) is 80.1 cm³/mol. The van der Waals surface area contributed by atoms with Crippen LogP contribution in [0.4, 0.5) is 0 Å². The third-order valence-corrected chi connectivity index (χ3v) is 3.18. The van der Waals surface area contributed by atoms with Crippen LogP contribution in [0, 0.1) is 0 Å². The Morgan fingerprint density at radius 2 is 1.95 bits per heavy atom. The molecule has 0 saturated heterocycles. The van der Waals surface area contributed by atoms with Gasteiger partial charge in [-0.15, -0.1) is 0 Å². The maximum absolute atomic E-state index is 4.46. The quantitative estimate of drug-likeness (QED) is 0.735. The summed E-state index contributed by atoms with van der Waals surface area (Å²) in [5.74, 6) is 1.07. The molecule has 0 atom stereocenters. The Morgan fingerprint density at radius 3 is 2.74 bits per heavy atom.